The summed E-state index contributed by atoms with van der Waals surface area (Å²) < 4.78 is 5.06. The average Bonchev–Trinajstić information content (AvgIpc) is 2.96. The number of fused-ring (bicyclic) bond motifs is 2. The highest BCUT2D eigenvalue weighted by Crippen LogP contribution is 2.42. The van der Waals surface area contributed by atoms with Crippen molar-refractivity contribution in [1.82, 2.24) is 10.3 Å². The second-order valence-corrected chi connectivity index (χ2v) is 8.64. The smallest absolute Gasteiger partial charge is 0.350 e. The summed E-state index contributed by atoms with van der Waals surface area (Å²) >= 11 is 1.30. The maximum atomic E-state index is 12.8. The standard InChI is InChI=1S/C19H29N3O3S/c1-4-25-19(24)16-10(2)22-18(26-16)11(3)21-17(23)14-8-12-6-5-7-13(9-14)15(12)20/h11-15H,4-9,20H2,1-3H3,(H,21,23). The Kier molecular flexibility index (Phi) is 5.97. The molecule has 1 aromatic rings. The van der Waals surface area contributed by atoms with E-state index in [1.165, 1.54) is 17.8 Å². The van der Waals surface area contributed by atoms with Crippen LogP contribution in [0.4, 0.5) is 0 Å². The van der Waals surface area contributed by atoms with Gasteiger partial charge in [0.05, 0.1) is 18.3 Å². The van der Waals surface area contributed by atoms with E-state index in [1.807, 2.05) is 6.92 Å². The van der Waals surface area contributed by atoms with Gasteiger partial charge in [-0.25, -0.2) is 9.78 Å². The van der Waals surface area contributed by atoms with Crippen LogP contribution in [0.2, 0.25) is 0 Å². The van der Waals surface area contributed by atoms with Crippen LogP contribution in [-0.4, -0.2) is 29.5 Å². The molecule has 0 aromatic carbocycles. The Morgan fingerprint density at radius 2 is 2.00 bits per heavy atom. The molecule has 2 aliphatic carbocycles. The van der Waals surface area contributed by atoms with Crippen LogP contribution in [0, 0.1) is 24.7 Å². The van der Waals surface area contributed by atoms with Gasteiger partial charge in [-0.1, -0.05) is 6.42 Å². The Morgan fingerprint density at radius 3 is 2.62 bits per heavy atom. The number of esters is 1. The second kappa shape index (κ2) is 8.05. The van der Waals surface area contributed by atoms with Gasteiger partial charge in [-0.05, 0) is 58.3 Å². The Balaban J connectivity index is 1.63. The summed E-state index contributed by atoms with van der Waals surface area (Å²) in [6, 6.07) is 0.0452. The monoisotopic (exact) mass is 379 g/mol. The molecule has 0 saturated heterocycles. The molecule has 3 N–H and O–H groups in total. The number of aryl methyl sites for hydroxylation is 1. The zero-order valence-corrected chi connectivity index (χ0v) is 16.6. The van der Waals surface area contributed by atoms with E-state index < -0.39 is 0 Å². The Hall–Kier alpha value is -1.47. The first-order valence-corrected chi connectivity index (χ1v) is 10.4. The van der Waals surface area contributed by atoms with Crippen LogP contribution in [0.1, 0.15) is 72.4 Å². The van der Waals surface area contributed by atoms with Crippen LogP contribution >= 0.6 is 11.3 Å². The van der Waals surface area contributed by atoms with Crippen LogP contribution < -0.4 is 11.1 Å². The number of carbonyl (C=O) groups is 2. The summed E-state index contributed by atoms with van der Waals surface area (Å²) in [4.78, 5) is 29.7. The molecule has 7 heteroatoms. The third-order valence-corrected chi connectivity index (χ3v) is 7.11. The van der Waals surface area contributed by atoms with E-state index in [4.69, 9.17) is 10.5 Å². The van der Waals surface area contributed by atoms with Crippen molar-refractivity contribution in [3.63, 3.8) is 0 Å². The Labute approximate surface area is 158 Å². The minimum absolute atomic E-state index is 0.0399. The quantitative estimate of drug-likeness (QED) is 0.767. The number of nitrogens with one attached hydrogen (secondary N) is 1. The third-order valence-electron chi connectivity index (χ3n) is 5.79. The summed E-state index contributed by atoms with van der Waals surface area (Å²) in [5.41, 5.74) is 6.98. The first-order chi connectivity index (χ1) is 12.4. The molecule has 3 rings (SSSR count). The van der Waals surface area contributed by atoms with Crippen molar-refractivity contribution < 1.29 is 14.3 Å². The Morgan fingerprint density at radius 1 is 1.35 bits per heavy atom. The molecule has 6 nitrogen and oxygen atoms in total. The fraction of sp³-hybridized carbons (Fsp3) is 0.737. The Bertz CT molecular complexity index is 661. The van der Waals surface area contributed by atoms with E-state index in [1.54, 1.807) is 13.8 Å². The van der Waals surface area contributed by atoms with Gasteiger partial charge in [0.25, 0.3) is 0 Å². The molecule has 0 spiro atoms. The lowest BCUT2D eigenvalue weighted by atomic mass is 9.65. The number of thiazole rings is 1. The minimum atomic E-state index is -0.346. The van der Waals surface area contributed by atoms with Gasteiger partial charge in [-0.15, -0.1) is 11.3 Å². The lowest BCUT2D eigenvalue weighted by Gasteiger charge is -2.43. The van der Waals surface area contributed by atoms with E-state index in [9.17, 15) is 9.59 Å². The second-order valence-electron chi connectivity index (χ2n) is 7.61. The highest BCUT2D eigenvalue weighted by molar-refractivity contribution is 7.13. The summed E-state index contributed by atoms with van der Waals surface area (Å²) in [6.07, 6.45) is 5.31. The number of aromatic nitrogens is 1. The normalized spacial score (nSPS) is 29.1. The number of hydrogen-bond donors (Lipinski definition) is 2. The molecule has 0 aliphatic heterocycles. The molecule has 2 fully saturated rings. The van der Waals surface area contributed by atoms with E-state index >= 15 is 0 Å². The zero-order chi connectivity index (χ0) is 18.8. The number of ether oxygens (including phenoxy) is 1. The molecule has 144 valence electrons. The van der Waals surface area contributed by atoms with Crippen molar-refractivity contribution >= 4 is 23.2 Å². The summed E-state index contributed by atoms with van der Waals surface area (Å²) in [7, 11) is 0. The summed E-state index contributed by atoms with van der Waals surface area (Å²) in [6.45, 7) is 5.83. The number of rotatable bonds is 5. The minimum Gasteiger partial charge on any atom is -0.462 e. The summed E-state index contributed by atoms with van der Waals surface area (Å²) in [5, 5.41) is 3.84. The molecule has 1 aromatic heterocycles. The fourth-order valence-corrected chi connectivity index (χ4v) is 5.35. The predicted molar refractivity (Wildman–Crippen MR) is 101 cm³/mol. The molecule has 26 heavy (non-hydrogen) atoms. The topological polar surface area (TPSA) is 94.3 Å². The number of nitrogens with two attached hydrogens (primary N) is 1. The van der Waals surface area contributed by atoms with E-state index in [-0.39, 0.29) is 29.9 Å². The highest BCUT2D eigenvalue weighted by Gasteiger charge is 2.40. The molecule has 0 radical (unpaired) electrons. The SMILES string of the molecule is CCOC(=O)c1sc(C(C)NC(=O)C2CC3CCCC(C2)C3N)nc1C. The average molecular weight is 380 g/mol. The number of carbonyl (C=O) groups excluding carboxylic acids is 2. The molecular formula is C19H29N3O3S. The third kappa shape index (κ3) is 3.93. The van der Waals surface area contributed by atoms with E-state index in [2.05, 4.69) is 10.3 Å². The summed E-state index contributed by atoms with van der Waals surface area (Å²) in [5.74, 6) is 0.739. The van der Waals surface area contributed by atoms with Crippen molar-refractivity contribution in [2.75, 3.05) is 6.61 Å². The van der Waals surface area contributed by atoms with E-state index in [0.29, 0.717) is 29.0 Å². The van der Waals surface area contributed by atoms with Crippen LogP contribution in [0.3, 0.4) is 0 Å². The van der Waals surface area contributed by atoms with Crippen LogP contribution in [0.15, 0.2) is 0 Å². The molecule has 1 amide bonds. The fourth-order valence-electron chi connectivity index (χ4n) is 4.38. The zero-order valence-electron chi connectivity index (χ0n) is 15.8. The number of nitrogens with zero attached hydrogens (tertiary/aromatic N) is 1. The van der Waals surface area contributed by atoms with Gasteiger partial charge in [0.15, 0.2) is 0 Å². The van der Waals surface area contributed by atoms with Crippen molar-refractivity contribution in [2.45, 2.75) is 65.0 Å². The van der Waals surface area contributed by atoms with Gasteiger partial charge in [-0.2, -0.15) is 0 Å². The molecule has 3 atom stereocenters. The molecule has 2 aliphatic rings. The van der Waals surface area contributed by atoms with E-state index in [0.717, 1.165) is 30.7 Å². The molecule has 3 unspecified atom stereocenters. The molecule has 1 heterocycles. The van der Waals surface area contributed by atoms with Gasteiger partial charge in [0, 0.05) is 12.0 Å². The molecular weight excluding hydrogens is 350 g/mol. The lowest BCUT2D eigenvalue weighted by Crippen LogP contribution is -2.49. The molecule has 2 saturated carbocycles. The largest absolute Gasteiger partial charge is 0.462 e. The van der Waals surface area contributed by atoms with Crippen LogP contribution in [0.25, 0.3) is 0 Å². The van der Waals surface area contributed by atoms with Crippen molar-refractivity contribution in [1.29, 1.82) is 0 Å². The maximum Gasteiger partial charge on any atom is 0.350 e. The first-order valence-electron chi connectivity index (χ1n) is 9.61. The maximum absolute atomic E-state index is 12.8. The lowest BCUT2D eigenvalue weighted by molar-refractivity contribution is -0.128. The van der Waals surface area contributed by atoms with Gasteiger partial charge in [0.1, 0.15) is 9.88 Å². The number of hydrogen-bond acceptors (Lipinski definition) is 6. The van der Waals surface area contributed by atoms with Crippen molar-refractivity contribution in [2.24, 2.45) is 23.5 Å². The van der Waals surface area contributed by atoms with Crippen LogP contribution in [-0.2, 0) is 9.53 Å². The van der Waals surface area contributed by atoms with Gasteiger partial charge >= 0.3 is 5.97 Å². The van der Waals surface area contributed by atoms with Crippen LogP contribution in [0.5, 0.6) is 0 Å². The van der Waals surface area contributed by atoms with Gasteiger partial charge in [0.2, 0.25) is 5.91 Å². The number of amides is 1. The highest BCUT2D eigenvalue weighted by atomic mass is 32.1. The van der Waals surface area contributed by atoms with Gasteiger partial charge in [-0.3, -0.25) is 4.79 Å². The van der Waals surface area contributed by atoms with Gasteiger partial charge < -0.3 is 15.8 Å². The van der Waals surface area contributed by atoms with Crippen molar-refractivity contribution in [3.8, 4) is 0 Å². The molecule has 2 bridgehead atoms. The first kappa shape index (κ1) is 19.3. The predicted octanol–water partition coefficient (Wildman–Crippen LogP) is 2.96. The van der Waals surface area contributed by atoms with Crippen molar-refractivity contribution in [3.05, 3.63) is 15.6 Å².